The van der Waals surface area contributed by atoms with Crippen LogP contribution >= 0.6 is 23.4 Å². The second kappa shape index (κ2) is 3.82. The fraction of sp³-hybridized carbons (Fsp3) is 0.364. The zero-order chi connectivity index (χ0) is 12.7. The highest BCUT2D eigenvalue weighted by Gasteiger charge is 2.79. The molecule has 90 valence electrons. The summed E-state index contributed by atoms with van der Waals surface area (Å²) in [6.45, 7) is 0. The summed E-state index contributed by atoms with van der Waals surface area (Å²) in [6.07, 6.45) is -0.879. The van der Waals surface area contributed by atoms with Crippen molar-refractivity contribution in [3.63, 3.8) is 0 Å². The Morgan fingerprint density at radius 3 is 2.24 bits per heavy atom. The Kier molecular flexibility index (Phi) is 2.83. The van der Waals surface area contributed by atoms with Crippen LogP contribution in [0, 0.1) is 11.3 Å². The SMILES string of the molecule is N#CC1(Sc2ccccc2)CC(F)(F)C1(F)Cl. The van der Waals surface area contributed by atoms with Crippen molar-refractivity contribution in [1.82, 2.24) is 0 Å². The van der Waals surface area contributed by atoms with Crippen LogP contribution in [0.2, 0.25) is 0 Å². The standard InChI is InChI=1S/C11H7ClF3NS/c12-11(15)9(7-16,6-10(11,13)14)17-8-4-2-1-3-5-8/h1-5H,6H2. The minimum Gasteiger partial charge on any atom is -0.217 e. The Balaban J connectivity index is 2.29. The predicted octanol–water partition coefficient (Wildman–Crippen LogP) is 3.98. The molecule has 17 heavy (non-hydrogen) atoms. The molecule has 1 fully saturated rings. The molecule has 0 aromatic heterocycles. The van der Waals surface area contributed by atoms with Crippen LogP contribution in [-0.2, 0) is 0 Å². The molecule has 2 atom stereocenters. The molecule has 2 rings (SSSR count). The Hall–Kier alpha value is -0.860. The summed E-state index contributed by atoms with van der Waals surface area (Å²) in [7, 11) is 0. The van der Waals surface area contributed by atoms with Gasteiger partial charge in [-0.1, -0.05) is 41.6 Å². The van der Waals surface area contributed by atoms with Gasteiger partial charge < -0.3 is 0 Å². The molecule has 0 saturated heterocycles. The summed E-state index contributed by atoms with van der Waals surface area (Å²) in [5.74, 6) is -3.66. The molecule has 0 amide bonds. The summed E-state index contributed by atoms with van der Waals surface area (Å²) >= 11 is 5.95. The van der Waals surface area contributed by atoms with Crippen molar-refractivity contribution in [2.75, 3.05) is 0 Å². The molecule has 1 aromatic rings. The Morgan fingerprint density at radius 1 is 1.24 bits per heavy atom. The molecule has 1 saturated carbocycles. The molecular formula is C11H7ClF3NS. The first-order valence-corrected chi connectivity index (χ1v) is 5.95. The molecule has 1 aliphatic carbocycles. The average molecular weight is 278 g/mol. The summed E-state index contributed by atoms with van der Waals surface area (Å²) in [4.78, 5) is 0.534. The summed E-state index contributed by atoms with van der Waals surface area (Å²) in [6, 6.07) is 9.92. The van der Waals surface area contributed by atoms with Gasteiger partial charge >= 0.3 is 0 Å². The molecule has 1 aliphatic rings. The fourth-order valence-corrected chi connectivity index (χ4v) is 3.21. The van der Waals surface area contributed by atoms with Gasteiger partial charge in [-0.25, -0.2) is 13.2 Å². The van der Waals surface area contributed by atoms with E-state index in [1.165, 1.54) is 0 Å². The summed E-state index contributed by atoms with van der Waals surface area (Å²) in [5, 5.41) is 5.61. The fourth-order valence-electron chi connectivity index (χ4n) is 1.65. The van der Waals surface area contributed by atoms with E-state index in [4.69, 9.17) is 16.9 Å². The molecule has 0 bridgehead atoms. The van der Waals surface area contributed by atoms with Crippen molar-refractivity contribution in [3.8, 4) is 6.07 Å². The zero-order valence-electron chi connectivity index (χ0n) is 8.46. The van der Waals surface area contributed by atoms with E-state index in [9.17, 15) is 13.2 Å². The van der Waals surface area contributed by atoms with Crippen molar-refractivity contribution in [2.45, 2.75) is 27.1 Å². The van der Waals surface area contributed by atoms with Crippen LogP contribution in [0.25, 0.3) is 0 Å². The van der Waals surface area contributed by atoms with Gasteiger partial charge in [0.2, 0.25) is 0 Å². The summed E-state index contributed by atoms with van der Waals surface area (Å²) < 4.78 is 37.9. The van der Waals surface area contributed by atoms with E-state index in [2.05, 4.69) is 0 Å². The van der Waals surface area contributed by atoms with Gasteiger partial charge in [-0.3, -0.25) is 0 Å². The third-order valence-electron chi connectivity index (χ3n) is 2.65. The predicted molar refractivity (Wildman–Crippen MR) is 59.9 cm³/mol. The molecule has 0 N–H and O–H groups in total. The number of benzene rings is 1. The number of halogens is 4. The molecule has 0 radical (unpaired) electrons. The molecule has 1 nitrogen and oxygen atoms in total. The Bertz CT molecular complexity index is 471. The van der Waals surface area contributed by atoms with E-state index >= 15 is 0 Å². The third kappa shape index (κ3) is 1.71. The van der Waals surface area contributed by atoms with Gasteiger partial charge in [-0.05, 0) is 12.1 Å². The van der Waals surface area contributed by atoms with Gasteiger partial charge in [-0.2, -0.15) is 5.26 Å². The second-order valence-corrected chi connectivity index (χ2v) is 5.70. The number of alkyl halides is 4. The van der Waals surface area contributed by atoms with Gasteiger partial charge in [0.05, 0.1) is 6.07 Å². The maximum absolute atomic E-state index is 13.8. The highest BCUT2D eigenvalue weighted by atomic mass is 35.5. The lowest BCUT2D eigenvalue weighted by Gasteiger charge is -2.50. The number of nitriles is 1. The normalized spacial score (nSPS) is 34.8. The molecule has 2 unspecified atom stereocenters. The van der Waals surface area contributed by atoms with Crippen molar-refractivity contribution in [3.05, 3.63) is 30.3 Å². The lowest BCUT2D eigenvalue weighted by Crippen LogP contribution is -2.68. The smallest absolute Gasteiger partial charge is 0.217 e. The van der Waals surface area contributed by atoms with Crippen molar-refractivity contribution in [1.29, 1.82) is 5.26 Å². The molecule has 0 spiro atoms. The average Bonchev–Trinajstić information content (AvgIpc) is 2.28. The van der Waals surface area contributed by atoms with Crippen LogP contribution in [0.4, 0.5) is 13.2 Å². The van der Waals surface area contributed by atoms with Gasteiger partial charge in [0, 0.05) is 11.3 Å². The van der Waals surface area contributed by atoms with Crippen LogP contribution < -0.4 is 0 Å². The van der Waals surface area contributed by atoms with Crippen molar-refractivity contribution in [2.24, 2.45) is 0 Å². The molecular weight excluding hydrogens is 271 g/mol. The van der Waals surface area contributed by atoms with E-state index in [1.807, 2.05) is 0 Å². The molecule has 0 aliphatic heterocycles. The number of rotatable bonds is 2. The van der Waals surface area contributed by atoms with Crippen LogP contribution in [0.15, 0.2) is 35.2 Å². The van der Waals surface area contributed by atoms with E-state index in [-0.39, 0.29) is 0 Å². The van der Waals surface area contributed by atoms with E-state index in [0.717, 1.165) is 11.8 Å². The van der Waals surface area contributed by atoms with Crippen molar-refractivity contribution < 1.29 is 13.2 Å². The largest absolute Gasteiger partial charge is 0.300 e. The van der Waals surface area contributed by atoms with Crippen LogP contribution in [0.5, 0.6) is 0 Å². The van der Waals surface area contributed by atoms with Gasteiger partial charge in [0.1, 0.15) is 0 Å². The quantitative estimate of drug-likeness (QED) is 0.763. The minimum atomic E-state index is -3.66. The number of hydrogen-bond acceptors (Lipinski definition) is 2. The first-order valence-electron chi connectivity index (χ1n) is 4.76. The van der Waals surface area contributed by atoms with Crippen LogP contribution in [0.1, 0.15) is 6.42 Å². The Morgan fingerprint density at radius 2 is 1.82 bits per heavy atom. The first-order chi connectivity index (χ1) is 7.85. The third-order valence-corrected chi connectivity index (χ3v) is 4.74. The Labute approximate surface area is 106 Å². The van der Waals surface area contributed by atoms with Crippen LogP contribution in [-0.4, -0.2) is 15.8 Å². The number of nitrogens with zero attached hydrogens (tertiary/aromatic N) is 1. The first kappa shape index (κ1) is 12.6. The number of hydrogen-bond donors (Lipinski definition) is 0. The van der Waals surface area contributed by atoms with Gasteiger partial charge in [-0.15, -0.1) is 0 Å². The number of thioether (sulfide) groups is 1. The van der Waals surface area contributed by atoms with E-state index in [0.29, 0.717) is 4.90 Å². The zero-order valence-corrected chi connectivity index (χ0v) is 10.0. The maximum Gasteiger partial charge on any atom is 0.300 e. The van der Waals surface area contributed by atoms with Gasteiger partial charge in [0.25, 0.3) is 11.1 Å². The van der Waals surface area contributed by atoms with Crippen molar-refractivity contribution >= 4 is 23.4 Å². The summed E-state index contributed by atoms with van der Waals surface area (Å²) in [5.41, 5.74) is 0. The van der Waals surface area contributed by atoms with Gasteiger partial charge in [0.15, 0.2) is 4.75 Å². The van der Waals surface area contributed by atoms with Crippen LogP contribution in [0.3, 0.4) is 0 Å². The lowest BCUT2D eigenvalue weighted by molar-refractivity contribution is -0.178. The molecule has 6 heteroatoms. The highest BCUT2D eigenvalue weighted by Crippen LogP contribution is 2.65. The van der Waals surface area contributed by atoms with E-state index < -0.39 is 22.2 Å². The molecule has 1 aromatic carbocycles. The monoisotopic (exact) mass is 277 g/mol. The maximum atomic E-state index is 13.8. The highest BCUT2D eigenvalue weighted by molar-refractivity contribution is 8.01. The molecule has 0 heterocycles. The second-order valence-electron chi connectivity index (χ2n) is 3.81. The van der Waals surface area contributed by atoms with E-state index in [1.54, 1.807) is 36.4 Å². The topological polar surface area (TPSA) is 23.8 Å². The lowest BCUT2D eigenvalue weighted by atomic mass is 9.78. The minimum absolute atomic E-state index is 0.534.